The number of benzene rings is 1. The Morgan fingerprint density at radius 1 is 1.11 bits per heavy atom. The van der Waals surface area contributed by atoms with Crippen LogP contribution in [0.2, 0.25) is 5.02 Å². The molecular formula is C14H9ClN2O2. The smallest absolute Gasteiger partial charge is 0.268 e. The summed E-state index contributed by atoms with van der Waals surface area (Å²) in [5.41, 5.74) is 1.38. The molecule has 0 saturated heterocycles. The van der Waals surface area contributed by atoms with E-state index in [0.717, 1.165) is 5.56 Å². The van der Waals surface area contributed by atoms with Crippen molar-refractivity contribution in [3.63, 3.8) is 0 Å². The van der Waals surface area contributed by atoms with Gasteiger partial charge in [-0.25, -0.2) is 0 Å². The fourth-order valence-corrected chi connectivity index (χ4v) is 2.29. The lowest BCUT2D eigenvalue weighted by atomic mass is 10.2. The molecule has 1 aromatic carbocycles. The van der Waals surface area contributed by atoms with Crippen LogP contribution in [-0.4, -0.2) is 21.7 Å². The first-order chi connectivity index (χ1) is 9.16. The lowest BCUT2D eigenvalue weighted by Crippen LogP contribution is -2.29. The summed E-state index contributed by atoms with van der Waals surface area (Å²) < 4.78 is 0. The van der Waals surface area contributed by atoms with Gasteiger partial charge < -0.3 is 0 Å². The first-order valence-electron chi connectivity index (χ1n) is 5.72. The second-order valence-corrected chi connectivity index (χ2v) is 4.66. The Balaban J connectivity index is 1.92. The molecule has 0 spiro atoms. The number of pyridine rings is 1. The third-order valence-electron chi connectivity index (χ3n) is 2.96. The summed E-state index contributed by atoms with van der Waals surface area (Å²) in [7, 11) is 0. The number of carbonyl (C=O) groups excluding carboxylic acids is 2. The molecule has 2 amide bonds. The Bertz CT molecular complexity index is 650. The van der Waals surface area contributed by atoms with E-state index in [4.69, 9.17) is 11.6 Å². The molecule has 94 valence electrons. The van der Waals surface area contributed by atoms with E-state index in [9.17, 15) is 9.59 Å². The molecule has 19 heavy (non-hydrogen) atoms. The Hall–Kier alpha value is -2.20. The molecule has 0 unspecified atom stereocenters. The topological polar surface area (TPSA) is 50.3 Å². The number of aromatic nitrogens is 1. The van der Waals surface area contributed by atoms with Gasteiger partial charge in [-0.1, -0.05) is 23.7 Å². The van der Waals surface area contributed by atoms with Crippen LogP contribution in [0.3, 0.4) is 0 Å². The van der Waals surface area contributed by atoms with Crippen molar-refractivity contribution in [2.45, 2.75) is 6.54 Å². The number of fused-ring (bicyclic) bond motifs is 1. The van der Waals surface area contributed by atoms with Crippen molar-refractivity contribution in [1.29, 1.82) is 0 Å². The highest BCUT2D eigenvalue weighted by molar-refractivity contribution is 6.30. The number of nitrogens with zero attached hydrogens (tertiary/aromatic N) is 2. The van der Waals surface area contributed by atoms with Crippen LogP contribution in [0.1, 0.15) is 26.4 Å². The molecule has 0 radical (unpaired) electrons. The standard InChI is InChI=1S/C14H9ClN2O2/c15-10-4-1-3-9(7-10)8-17-13(18)11-5-2-6-16-12(11)14(17)19/h1-7H,8H2. The van der Waals surface area contributed by atoms with Gasteiger partial charge in [-0.2, -0.15) is 0 Å². The second kappa shape index (κ2) is 4.48. The molecule has 1 aliphatic rings. The van der Waals surface area contributed by atoms with Crippen LogP contribution in [0, 0.1) is 0 Å². The molecule has 3 rings (SSSR count). The monoisotopic (exact) mass is 272 g/mol. The van der Waals surface area contributed by atoms with Crippen molar-refractivity contribution >= 4 is 23.4 Å². The van der Waals surface area contributed by atoms with Crippen molar-refractivity contribution in [2.75, 3.05) is 0 Å². The number of imide groups is 1. The van der Waals surface area contributed by atoms with Gasteiger partial charge in [-0.05, 0) is 29.8 Å². The van der Waals surface area contributed by atoms with Gasteiger partial charge in [0.05, 0.1) is 12.1 Å². The summed E-state index contributed by atoms with van der Waals surface area (Å²) in [5.74, 6) is -0.673. The molecular weight excluding hydrogens is 264 g/mol. The molecule has 0 aliphatic carbocycles. The molecule has 0 fully saturated rings. The van der Waals surface area contributed by atoms with Gasteiger partial charge >= 0.3 is 0 Å². The lowest BCUT2D eigenvalue weighted by Gasteiger charge is -2.13. The van der Waals surface area contributed by atoms with Crippen LogP contribution in [0.15, 0.2) is 42.6 Å². The summed E-state index contributed by atoms with van der Waals surface area (Å²) in [6, 6.07) is 10.3. The molecule has 5 heteroatoms. The normalized spacial score (nSPS) is 13.8. The minimum atomic E-state index is -0.361. The van der Waals surface area contributed by atoms with E-state index in [-0.39, 0.29) is 24.1 Å². The maximum Gasteiger partial charge on any atom is 0.280 e. The molecule has 2 aromatic rings. The highest BCUT2D eigenvalue weighted by Gasteiger charge is 2.36. The van der Waals surface area contributed by atoms with E-state index in [0.29, 0.717) is 10.6 Å². The summed E-state index contributed by atoms with van der Waals surface area (Å²) in [6.07, 6.45) is 1.51. The van der Waals surface area contributed by atoms with E-state index in [1.807, 2.05) is 6.07 Å². The number of hydrogen-bond donors (Lipinski definition) is 0. The van der Waals surface area contributed by atoms with Gasteiger partial charge in [-0.15, -0.1) is 0 Å². The van der Waals surface area contributed by atoms with E-state index in [1.54, 1.807) is 30.3 Å². The van der Waals surface area contributed by atoms with Crippen molar-refractivity contribution in [2.24, 2.45) is 0 Å². The molecule has 0 atom stereocenters. The Labute approximate surface area is 114 Å². The van der Waals surface area contributed by atoms with Crippen molar-refractivity contribution < 1.29 is 9.59 Å². The van der Waals surface area contributed by atoms with Crippen LogP contribution in [0.25, 0.3) is 0 Å². The summed E-state index contributed by atoms with van der Waals surface area (Å²) in [5, 5.41) is 0.576. The summed E-state index contributed by atoms with van der Waals surface area (Å²) in [6.45, 7) is 0.203. The average molecular weight is 273 g/mol. The summed E-state index contributed by atoms with van der Waals surface area (Å²) >= 11 is 5.89. The third-order valence-corrected chi connectivity index (χ3v) is 3.20. The fraction of sp³-hybridized carbons (Fsp3) is 0.0714. The van der Waals surface area contributed by atoms with Gasteiger partial charge in [-0.3, -0.25) is 19.5 Å². The SMILES string of the molecule is O=C1c2cccnc2C(=O)N1Cc1cccc(Cl)c1. The van der Waals surface area contributed by atoms with Crippen LogP contribution in [0.5, 0.6) is 0 Å². The predicted molar refractivity (Wildman–Crippen MR) is 69.9 cm³/mol. The van der Waals surface area contributed by atoms with Crippen LogP contribution >= 0.6 is 11.6 Å². The Kier molecular flexibility index (Phi) is 2.80. The van der Waals surface area contributed by atoms with Gasteiger partial charge in [0.2, 0.25) is 0 Å². The molecule has 0 bridgehead atoms. The molecule has 1 aliphatic heterocycles. The second-order valence-electron chi connectivity index (χ2n) is 4.23. The van der Waals surface area contributed by atoms with Crippen molar-refractivity contribution in [3.8, 4) is 0 Å². The number of hydrogen-bond acceptors (Lipinski definition) is 3. The average Bonchev–Trinajstić information content (AvgIpc) is 2.65. The fourth-order valence-electron chi connectivity index (χ4n) is 2.08. The maximum atomic E-state index is 12.1. The number of rotatable bonds is 2. The van der Waals surface area contributed by atoms with Crippen LogP contribution in [-0.2, 0) is 6.54 Å². The highest BCUT2D eigenvalue weighted by Crippen LogP contribution is 2.23. The van der Waals surface area contributed by atoms with Crippen LogP contribution < -0.4 is 0 Å². The minimum Gasteiger partial charge on any atom is -0.268 e. The number of carbonyl (C=O) groups is 2. The van der Waals surface area contributed by atoms with Gasteiger partial charge in [0.25, 0.3) is 11.8 Å². The lowest BCUT2D eigenvalue weighted by molar-refractivity contribution is 0.0640. The molecule has 0 N–H and O–H groups in total. The van der Waals surface area contributed by atoms with Gasteiger partial charge in [0, 0.05) is 11.2 Å². The quantitative estimate of drug-likeness (QED) is 0.790. The molecule has 4 nitrogen and oxygen atoms in total. The molecule has 1 aromatic heterocycles. The van der Waals surface area contributed by atoms with E-state index in [2.05, 4.69) is 4.98 Å². The highest BCUT2D eigenvalue weighted by atomic mass is 35.5. The number of halogens is 1. The minimum absolute atomic E-state index is 0.203. The molecule has 0 saturated carbocycles. The first kappa shape index (κ1) is 11.9. The zero-order chi connectivity index (χ0) is 13.4. The van der Waals surface area contributed by atoms with Crippen molar-refractivity contribution in [3.05, 3.63) is 64.4 Å². The predicted octanol–water partition coefficient (Wildman–Crippen LogP) is 2.53. The van der Waals surface area contributed by atoms with E-state index in [1.165, 1.54) is 11.1 Å². The maximum absolute atomic E-state index is 12.1. The Morgan fingerprint density at radius 2 is 1.95 bits per heavy atom. The zero-order valence-electron chi connectivity index (χ0n) is 9.84. The van der Waals surface area contributed by atoms with E-state index >= 15 is 0 Å². The first-order valence-corrected chi connectivity index (χ1v) is 6.10. The van der Waals surface area contributed by atoms with E-state index < -0.39 is 0 Å². The van der Waals surface area contributed by atoms with Crippen molar-refractivity contribution in [1.82, 2.24) is 9.88 Å². The largest absolute Gasteiger partial charge is 0.280 e. The van der Waals surface area contributed by atoms with Crippen LogP contribution in [0.4, 0.5) is 0 Å². The van der Waals surface area contributed by atoms with Gasteiger partial charge in [0.1, 0.15) is 5.69 Å². The zero-order valence-corrected chi connectivity index (χ0v) is 10.6. The number of amides is 2. The summed E-state index contributed by atoms with van der Waals surface area (Å²) in [4.78, 5) is 29.4. The Morgan fingerprint density at radius 3 is 2.68 bits per heavy atom. The molecule has 2 heterocycles. The third kappa shape index (κ3) is 2.00. The van der Waals surface area contributed by atoms with Gasteiger partial charge in [0.15, 0.2) is 0 Å².